The van der Waals surface area contributed by atoms with Crippen molar-refractivity contribution in [3.63, 3.8) is 0 Å². The Morgan fingerprint density at radius 2 is 1.39 bits per heavy atom. The Kier molecular flexibility index (Phi) is 7.13. The summed E-state index contributed by atoms with van der Waals surface area (Å²) in [6, 6.07) is 26.7. The lowest BCUT2D eigenvalue weighted by atomic mass is 10.1. The molecule has 3 heterocycles. The van der Waals surface area contributed by atoms with Crippen LogP contribution in [0.1, 0.15) is 40.3 Å². The number of ether oxygens (including phenoxy) is 3. The van der Waals surface area contributed by atoms with Crippen molar-refractivity contribution in [2.45, 2.75) is 37.9 Å². The molecule has 1 aliphatic heterocycles. The van der Waals surface area contributed by atoms with Crippen molar-refractivity contribution in [1.82, 2.24) is 19.7 Å². The first-order chi connectivity index (χ1) is 20.0. The lowest BCUT2D eigenvalue weighted by Crippen LogP contribution is -2.39. The molecule has 206 valence electrons. The fourth-order valence-corrected chi connectivity index (χ4v) is 5.00. The van der Waals surface area contributed by atoms with Gasteiger partial charge in [-0.25, -0.2) is 24.2 Å². The average molecular weight is 550 g/mol. The SMILES string of the molecule is CC[C@H]1O[C@@H](n2nc(-c3ccccc3)c3c(N)ncnc32)C(OC(=O)c2ccccc2)[C@@H]1OC(=O)c1ccccc1. The number of hydrogen-bond donors (Lipinski definition) is 1. The Hall–Kier alpha value is -5.09. The molecule has 2 N–H and O–H groups in total. The van der Waals surface area contributed by atoms with Gasteiger partial charge in [-0.2, -0.15) is 5.10 Å². The summed E-state index contributed by atoms with van der Waals surface area (Å²) in [5.41, 5.74) is 8.77. The van der Waals surface area contributed by atoms with E-state index in [4.69, 9.17) is 25.0 Å². The molecule has 0 radical (unpaired) electrons. The van der Waals surface area contributed by atoms with Crippen molar-refractivity contribution in [2.24, 2.45) is 0 Å². The van der Waals surface area contributed by atoms with Crippen LogP contribution in [0.2, 0.25) is 0 Å². The highest BCUT2D eigenvalue weighted by Crippen LogP contribution is 2.39. The predicted molar refractivity (Wildman–Crippen MR) is 151 cm³/mol. The number of aromatic nitrogens is 4. The van der Waals surface area contributed by atoms with E-state index in [-0.39, 0.29) is 5.82 Å². The highest BCUT2D eigenvalue weighted by atomic mass is 16.6. The second-order valence-corrected chi connectivity index (χ2v) is 9.56. The monoisotopic (exact) mass is 549 g/mol. The molecule has 0 aliphatic carbocycles. The zero-order chi connectivity index (χ0) is 28.3. The van der Waals surface area contributed by atoms with Crippen LogP contribution < -0.4 is 5.73 Å². The molecule has 10 heteroatoms. The summed E-state index contributed by atoms with van der Waals surface area (Å²) in [5, 5.41) is 5.39. The molecule has 1 fully saturated rings. The fourth-order valence-electron chi connectivity index (χ4n) is 5.00. The quantitative estimate of drug-likeness (QED) is 0.283. The number of nitrogens with zero attached hydrogens (tertiary/aromatic N) is 4. The van der Waals surface area contributed by atoms with Gasteiger partial charge in [0, 0.05) is 5.56 Å². The first kappa shape index (κ1) is 26.1. The van der Waals surface area contributed by atoms with Crippen molar-refractivity contribution < 1.29 is 23.8 Å². The lowest BCUT2D eigenvalue weighted by molar-refractivity contribution is -0.0541. The van der Waals surface area contributed by atoms with Crippen LogP contribution in [-0.4, -0.2) is 50.0 Å². The first-order valence-electron chi connectivity index (χ1n) is 13.3. The Balaban J connectivity index is 1.45. The molecule has 1 unspecified atom stereocenters. The number of rotatable bonds is 7. The Bertz CT molecular complexity index is 1680. The number of fused-ring (bicyclic) bond motifs is 1. The van der Waals surface area contributed by atoms with Crippen LogP contribution in [0.25, 0.3) is 22.3 Å². The van der Waals surface area contributed by atoms with Gasteiger partial charge in [0.05, 0.1) is 16.5 Å². The van der Waals surface area contributed by atoms with Crippen LogP contribution >= 0.6 is 0 Å². The van der Waals surface area contributed by atoms with Crippen molar-refractivity contribution >= 4 is 28.8 Å². The van der Waals surface area contributed by atoms with Crippen LogP contribution in [0.4, 0.5) is 5.82 Å². The largest absolute Gasteiger partial charge is 0.452 e. The Morgan fingerprint density at radius 3 is 1.98 bits per heavy atom. The van der Waals surface area contributed by atoms with E-state index in [1.165, 1.54) is 11.0 Å². The van der Waals surface area contributed by atoms with E-state index >= 15 is 0 Å². The zero-order valence-corrected chi connectivity index (χ0v) is 22.2. The Labute approximate surface area is 235 Å². The summed E-state index contributed by atoms with van der Waals surface area (Å²) in [4.78, 5) is 35.1. The van der Waals surface area contributed by atoms with Gasteiger partial charge in [-0.05, 0) is 30.7 Å². The number of carbonyl (C=O) groups is 2. The maximum atomic E-state index is 13.3. The summed E-state index contributed by atoms with van der Waals surface area (Å²) in [5.74, 6) is -0.897. The second-order valence-electron chi connectivity index (χ2n) is 9.56. The van der Waals surface area contributed by atoms with Gasteiger partial charge in [0.2, 0.25) is 0 Å². The molecule has 6 rings (SSSR count). The number of carbonyl (C=O) groups excluding carboxylic acids is 2. The number of anilines is 1. The van der Waals surface area contributed by atoms with E-state index in [9.17, 15) is 9.59 Å². The molecule has 1 aliphatic rings. The highest BCUT2D eigenvalue weighted by molar-refractivity contribution is 5.98. The van der Waals surface area contributed by atoms with Gasteiger partial charge < -0.3 is 19.9 Å². The molecular formula is C31H27N5O5. The van der Waals surface area contributed by atoms with E-state index in [1.54, 1.807) is 54.6 Å². The third-order valence-corrected chi connectivity index (χ3v) is 7.00. The van der Waals surface area contributed by atoms with Gasteiger partial charge in [0.1, 0.15) is 23.9 Å². The smallest absolute Gasteiger partial charge is 0.338 e. The van der Waals surface area contributed by atoms with Crippen molar-refractivity contribution in [1.29, 1.82) is 0 Å². The van der Waals surface area contributed by atoms with Crippen LogP contribution in [-0.2, 0) is 14.2 Å². The van der Waals surface area contributed by atoms with E-state index in [0.717, 1.165) is 5.56 Å². The van der Waals surface area contributed by atoms with Crippen LogP contribution in [0.5, 0.6) is 0 Å². The van der Waals surface area contributed by atoms with Crippen LogP contribution in [0.15, 0.2) is 97.3 Å². The molecule has 2 aromatic heterocycles. The van der Waals surface area contributed by atoms with E-state index in [0.29, 0.717) is 34.3 Å². The molecular weight excluding hydrogens is 522 g/mol. The molecule has 41 heavy (non-hydrogen) atoms. The highest BCUT2D eigenvalue weighted by Gasteiger charge is 2.51. The number of benzene rings is 3. The van der Waals surface area contributed by atoms with E-state index in [2.05, 4.69) is 9.97 Å². The topological polar surface area (TPSA) is 131 Å². The minimum absolute atomic E-state index is 0.245. The van der Waals surface area contributed by atoms with E-state index in [1.807, 2.05) is 43.3 Å². The molecule has 5 aromatic rings. The summed E-state index contributed by atoms with van der Waals surface area (Å²) < 4.78 is 20.0. The average Bonchev–Trinajstić information content (AvgIpc) is 3.57. The summed E-state index contributed by atoms with van der Waals surface area (Å²) in [6.45, 7) is 1.91. The summed E-state index contributed by atoms with van der Waals surface area (Å²) in [7, 11) is 0. The minimum atomic E-state index is -1.05. The maximum absolute atomic E-state index is 13.3. The normalized spacial score (nSPS) is 20.1. The molecule has 3 aromatic carbocycles. The first-order valence-corrected chi connectivity index (χ1v) is 13.3. The second kappa shape index (κ2) is 11.2. The van der Waals surface area contributed by atoms with Crippen molar-refractivity contribution in [2.75, 3.05) is 5.73 Å². The van der Waals surface area contributed by atoms with E-state index < -0.39 is 36.5 Å². The third-order valence-electron chi connectivity index (χ3n) is 7.00. The van der Waals surface area contributed by atoms with Crippen molar-refractivity contribution in [3.05, 3.63) is 108 Å². The molecule has 0 saturated carbocycles. The maximum Gasteiger partial charge on any atom is 0.338 e. The van der Waals surface area contributed by atoms with Crippen LogP contribution in [0.3, 0.4) is 0 Å². The van der Waals surface area contributed by atoms with Gasteiger partial charge >= 0.3 is 11.9 Å². The minimum Gasteiger partial charge on any atom is -0.452 e. The number of nitrogens with two attached hydrogens (primary N) is 1. The molecule has 0 amide bonds. The van der Waals surface area contributed by atoms with Crippen LogP contribution in [0, 0.1) is 0 Å². The lowest BCUT2D eigenvalue weighted by Gasteiger charge is -2.24. The predicted octanol–water partition coefficient (Wildman–Crippen LogP) is 4.83. The summed E-state index contributed by atoms with van der Waals surface area (Å²) in [6.07, 6.45) is -1.73. The van der Waals surface area contributed by atoms with Gasteiger partial charge in [0.15, 0.2) is 24.1 Å². The number of esters is 2. The molecule has 0 bridgehead atoms. The standard InChI is InChI=1S/C31H27N5O5/c1-2-22-25(40-30(37)20-14-8-4-9-15-20)26(41-31(38)21-16-10-5-11-17-21)29(39-22)36-28-23(27(32)33-18-34-28)24(35-36)19-12-6-3-7-13-19/h3-18,22,25-26,29H,2H2,1H3,(H2,32,33,34)/t22-,25-,26?,29-/m1/s1. The number of hydrogen-bond acceptors (Lipinski definition) is 9. The van der Waals surface area contributed by atoms with Gasteiger partial charge in [-0.1, -0.05) is 73.7 Å². The Morgan fingerprint density at radius 1 is 0.829 bits per heavy atom. The van der Waals surface area contributed by atoms with Crippen molar-refractivity contribution in [3.8, 4) is 11.3 Å². The summed E-state index contributed by atoms with van der Waals surface area (Å²) >= 11 is 0. The number of nitrogen functional groups attached to an aromatic ring is 1. The third kappa shape index (κ3) is 5.01. The van der Waals surface area contributed by atoms with Gasteiger partial charge in [0.25, 0.3) is 0 Å². The molecule has 1 saturated heterocycles. The molecule has 0 spiro atoms. The van der Waals surface area contributed by atoms with Gasteiger partial charge in [-0.3, -0.25) is 0 Å². The van der Waals surface area contributed by atoms with Gasteiger partial charge in [-0.15, -0.1) is 0 Å². The molecule has 4 atom stereocenters. The zero-order valence-electron chi connectivity index (χ0n) is 22.2. The molecule has 10 nitrogen and oxygen atoms in total. The fraction of sp³-hybridized carbons (Fsp3) is 0.194.